The number of ether oxygens (including phenoxy) is 2. The highest BCUT2D eigenvalue weighted by atomic mass is 16.5. The maximum absolute atomic E-state index is 12.2. The first-order valence-electron chi connectivity index (χ1n) is 11.4. The van der Waals surface area contributed by atoms with Crippen molar-refractivity contribution in [2.24, 2.45) is 0 Å². The molecule has 0 atom stereocenters. The molecule has 0 radical (unpaired) electrons. The van der Waals surface area contributed by atoms with E-state index in [9.17, 15) is 4.79 Å². The number of H-pyrrole nitrogens is 1. The number of hydrogen-bond acceptors (Lipinski definition) is 4. The standard InChI is InChI=1S/C27H29N3O3/c1-2-3-17-32-18-7-10-26(31)28-21-13-16-24-25(19-21)30-27(29-24)20-11-14-23(15-12-20)33-22-8-5-4-6-9-22/h4-6,8-9,11-16,19H,2-3,7,10,17-18H2,1H3,(H,28,31)(H,29,30). The number of aromatic nitrogens is 2. The Hall–Kier alpha value is -3.64. The van der Waals surface area contributed by atoms with E-state index in [1.807, 2.05) is 72.8 Å². The third kappa shape index (κ3) is 6.43. The minimum Gasteiger partial charge on any atom is -0.457 e. The lowest BCUT2D eigenvalue weighted by Crippen LogP contribution is -2.12. The van der Waals surface area contributed by atoms with Crippen LogP contribution >= 0.6 is 0 Å². The SMILES string of the molecule is CCCCOCCCC(=O)Nc1ccc2nc(-c3ccc(Oc4ccccc4)cc3)[nH]c2c1. The summed E-state index contributed by atoms with van der Waals surface area (Å²) < 4.78 is 11.4. The molecule has 1 amide bonds. The molecule has 2 N–H and O–H groups in total. The van der Waals surface area contributed by atoms with Crippen molar-refractivity contribution in [3.63, 3.8) is 0 Å². The van der Waals surface area contributed by atoms with Crippen LogP contribution in [0.15, 0.2) is 72.8 Å². The van der Waals surface area contributed by atoms with Gasteiger partial charge in [0.25, 0.3) is 0 Å². The summed E-state index contributed by atoms with van der Waals surface area (Å²) in [7, 11) is 0. The van der Waals surface area contributed by atoms with Gasteiger partial charge in [0.2, 0.25) is 5.91 Å². The Labute approximate surface area is 194 Å². The normalized spacial score (nSPS) is 10.9. The highest BCUT2D eigenvalue weighted by molar-refractivity contribution is 5.93. The van der Waals surface area contributed by atoms with E-state index in [1.165, 1.54) is 0 Å². The highest BCUT2D eigenvalue weighted by Crippen LogP contribution is 2.26. The summed E-state index contributed by atoms with van der Waals surface area (Å²) in [5, 5.41) is 2.96. The van der Waals surface area contributed by atoms with Gasteiger partial charge in [0, 0.05) is 30.9 Å². The maximum Gasteiger partial charge on any atom is 0.224 e. The number of unbranched alkanes of at least 4 members (excludes halogenated alkanes) is 1. The fourth-order valence-corrected chi connectivity index (χ4v) is 3.44. The Morgan fingerprint density at radius 3 is 2.48 bits per heavy atom. The van der Waals surface area contributed by atoms with E-state index in [4.69, 9.17) is 9.47 Å². The number of benzene rings is 3. The second-order valence-electron chi connectivity index (χ2n) is 7.87. The van der Waals surface area contributed by atoms with Gasteiger partial charge in [-0.25, -0.2) is 4.98 Å². The first-order chi connectivity index (χ1) is 16.2. The van der Waals surface area contributed by atoms with Crippen molar-refractivity contribution in [2.75, 3.05) is 18.5 Å². The number of para-hydroxylation sites is 1. The number of carbonyl (C=O) groups is 1. The zero-order valence-corrected chi connectivity index (χ0v) is 18.8. The van der Waals surface area contributed by atoms with Crippen LogP contribution in [0.4, 0.5) is 5.69 Å². The average Bonchev–Trinajstić information content (AvgIpc) is 3.26. The van der Waals surface area contributed by atoms with Crippen LogP contribution in [0.1, 0.15) is 32.6 Å². The lowest BCUT2D eigenvalue weighted by molar-refractivity contribution is -0.116. The van der Waals surface area contributed by atoms with Gasteiger partial charge < -0.3 is 19.8 Å². The van der Waals surface area contributed by atoms with E-state index in [0.717, 1.165) is 65.5 Å². The molecule has 0 saturated carbocycles. The molecule has 170 valence electrons. The molecule has 0 bridgehead atoms. The van der Waals surface area contributed by atoms with Gasteiger partial charge in [0.1, 0.15) is 17.3 Å². The summed E-state index contributed by atoms with van der Waals surface area (Å²) in [5.74, 6) is 2.32. The Bertz CT molecular complexity index is 1170. The topological polar surface area (TPSA) is 76.2 Å². The lowest BCUT2D eigenvalue weighted by atomic mass is 10.2. The van der Waals surface area contributed by atoms with Crippen LogP contribution in [0.3, 0.4) is 0 Å². The molecule has 0 spiro atoms. The van der Waals surface area contributed by atoms with E-state index in [1.54, 1.807) is 0 Å². The summed E-state index contributed by atoms with van der Waals surface area (Å²) in [5.41, 5.74) is 3.42. The number of aromatic amines is 1. The molecule has 0 saturated heterocycles. The Morgan fingerprint density at radius 2 is 1.70 bits per heavy atom. The van der Waals surface area contributed by atoms with Crippen molar-refractivity contribution < 1.29 is 14.3 Å². The van der Waals surface area contributed by atoms with Gasteiger partial charge in [-0.1, -0.05) is 31.5 Å². The molecule has 0 unspecified atom stereocenters. The number of rotatable bonds is 11. The molecule has 6 nitrogen and oxygen atoms in total. The molecule has 33 heavy (non-hydrogen) atoms. The lowest BCUT2D eigenvalue weighted by Gasteiger charge is -2.06. The van der Waals surface area contributed by atoms with Crippen LogP contribution in [-0.4, -0.2) is 29.1 Å². The summed E-state index contributed by atoms with van der Waals surface area (Å²) in [6, 6.07) is 23.2. The molecular formula is C27H29N3O3. The Balaban J connectivity index is 1.35. The smallest absolute Gasteiger partial charge is 0.224 e. The summed E-state index contributed by atoms with van der Waals surface area (Å²) in [6.07, 6.45) is 3.34. The van der Waals surface area contributed by atoms with E-state index in [0.29, 0.717) is 13.0 Å². The summed E-state index contributed by atoms with van der Waals surface area (Å²) >= 11 is 0. The quantitative estimate of drug-likeness (QED) is 0.257. The molecular weight excluding hydrogens is 414 g/mol. The molecule has 1 heterocycles. The van der Waals surface area contributed by atoms with E-state index in [-0.39, 0.29) is 5.91 Å². The van der Waals surface area contributed by atoms with Gasteiger partial charge >= 0.3 is 0 Å². The molecule has 0 aliphatic rings. The summed E-state index contributed by atoms with van der Waals surface area (Å²) in [4.78, 5) is 20.2. The van der Waals surface area contributed by atoms with Crippen LogP contribution < -0.4 is 10.1 Å². The van der Waals surface area contributed by atoms with Crippen molar-refractivity contribution in [2.45, 2.75) is 32.6 Å². The number of hydrogen-bond donors (Lipinski definition) is 2. The van der Waals surface area contributed by atoms with Crippen molar-refractivity contribution >= 4 is 22.6 Å². The number of nitrogens with zero attached hydrogens (tertiary/aromatic N) is 1. The van der Waals surface area contributed by atoms with Crippen LogP contribution in [0.5, 0.6) is 11.5 Å². The van der Waals surface area contributed by atoms with Crippen LogP contribution in [-0.2, 0) is 9.53 Å². The molecule has 4 rings (SSSR count). The predicted molar refractivity (Wildman–Crippen MR) is 132 cm³/mol. The third-order valence-corrected chi connectivity index (χ3v) is 5.21. The van der Waals surface area contributed by atoms with Gasteiger partial charge in [-0.15, -0.1) is 0 Å². The van der Waals surface area contributed by atoms with Crippen molar-refractivity contribution in [3.05, 3.63) is 72.8 Å². The maximum atomic E-state index is 12.2. The number of carbonyl (C=O) groups excluding carboxylic acids is 1. The van der Waals surface area contributed by atoms with Crippen LogP contribution in [0.2, 0.25) is 0 Å². The zero-order valence-electron chi connectivity index (χ0n) is 18.8. The fourth-order valence-electron chi connectivity index (χ4n) is 3.44. The van der Waals surface area contributed by atoms with E-state index >= 15 is 0 Å². The third-order valence-electron chi connectivity index (χ3n) is 5.21. The molecule has 3 aromatic carbocycles. The minimum atomic E-state index is -0.0119. The minimum absolute atomic E-state index is 0.0119. The van der Waals surface area contributed by atoms with Gasteiger partial charge in [0.05, 0.1) is 11.0 Å². The van der Waals surface area contributed by atoms with Gasteiger partial charge in [-0.2, -0.15) is 0 Å². The molecule has 4 aromatic rings. The highest BCUT2D eigenvalue weighted by Gasteiger charge is 2.08. The Morgan fingerprint density at radius 1 is 0.939 bits per heavy atom. The molecule has 0 aliphatic heterocycles. The largest absolute Gasteiger partial charge is 0.457 e. The Kier molecular flexibility index (Phi) is 7.72. The van der Waals surface area contributed by atoms with Crippen LogP contribution in [0.25, 0.3) is 22.4 Å². The first kappa shape index (κ1) is 22.6. The zero-order chi connectivity index (χ0) is 22.9. The number of imidazole rings is 1. The van der Waals surface area contributed by atoms with Crippen molar-refractivity contribution in [3.8, 4) is 22.9 Å². The average molecular weight is 444 g/mol. The summed E-state index contributed by atoms with van der Waals surface area (Å²) in [6.45, 7) is 3.51. The fraction of sp³-hybridized carbons (Fsp3) is 0.259. The van der Waals surface area contributed by atoms with E-state index in [2.05, 4.69) is 22.2 Å². The molecule has 0 fully saturated rings. The number of fused-ring (bicyclic) bond motifs is 1. The molecule has 0 aliphatic carbocycles. The van der Waals surface area contributed by atoms with Gasteiger partial charge in [0.15, 0.2) is 0 Å². The first-order valence-corrected chi connectivity index (χ1v) is 11.4. The van der Waals surface area contributed by atoms with Crippen molar-refractivity contribution in [1.82, 2.24) is 9.97 Å². The van der Waals surface area contributed by atoms with Crippen molar-refractivity contribution in [1.29, 1.82) is 0 Å². The number of amides is 1. The number of anilines is 1. The molecule has 1 aromatic heterocycles. The monoisotopic (exact) mass is 443 g/mol. The number of nitrogens with one attached hydrogen (secondary N) is 2. The molecule has 6 heteroatoms. The predicted octanol–water partition coefficient (Wildman–Crippen LogP) is 6.56. The second-order valence-corrected chi connectivity index (χ2v) is 7.87. The van der Waals surface area contributed by atoms with Crippen LogP contribution in [0, 0.1) is 0 Å². The van der Waals surface area contributed by atoms with Gasteiger partial charge in [-0.3, -0.25) is 4.79 Å². The second kappa shape index (κ2) is 11.3. The van der Waals surface area contributed by atoms with Gasteiger partial charge in [-0.05, 0) is 67.4 Å². The van der Waals surface area contributed by atoms with E-state index < -0.39 is 0 Å².